The van der Waals surface area contributed by atoms with Gasteiger partial charge in [-0.15, -0.1) is 22.7 Å². The first-order chi connectivity index (χ1) is 9.33. The molecule has 2 aromatic heterocycles. The Morgan fingerprint density at radius 2 is 2.05 bits per heavy atom. The lowest BCUT2D eigenvalue weighted by atomic mass is 10.0. The third kappa shape index (κ3) is 1.75. The van der Waals surface area contributed by atoms with Gasteiger partial charge in [0, 0.05) is 32.3 Å². The lowest BCUT2D eigenvalue weighted by Crippen LogP contribution is -2.08. The highest BCUT2D eigenvalue weighted by atomic mass is 32.1. The Kier molecular flexibility index (Phi) is 2.53. The SMILES string of the molecule is O=C1CCCc2sc(-c3csc4ccccc34)nc21. The standard InChI is InChI=1S/C15H11NOS2/c17-11-5-3-7-13-14(11)16-15(19-13)10-8-18-12-6-2-1-4-9(10)12/h1-2,4,6,8H,3,5,7H2. The van der Waals surface area contributed by atoms with Gasteiger partial charge in [0.15, 0.2) is 5.78 Å². The lowest BCUT2D eigenvalue weighted by Gasteiger charge is -2.06. The highest BCUT2D eigenvalue weighted by Crippen LogP contribution is 2.38. The fourth-order valence-corrected chi connectivity index (χ4v) is 4.70. The number of thiophene rings is 1. The fourth-order valence-electron chi connectivity index (χ4n) is 2.53. The summed E-state index contributed by atoms with van der Waals surface area (Å²) in [7, 11) is 0. The monoisotopic (exact) mass is 285 g/mol. The number of hydrogen-bond acceptors (Lipinski definition) is 4. The summed E-state index contributed by atoms with van der Waals surface area (Å²) in [5.74, 6) is 0.211. The molecule has 0 bridgehead atoms. The van der Waals surface area contributed by atoms with E-state index in [0.717, 1.165) is 23.5 Å². The molecule has 0 unspecified atom stereocenters. The van der Waals surface area contributed by atoms with Gasteiger partial charge in [-0.1, -0.05) is 18.2 Å². The second-order valence-electron chi connectivity index (χ2n) is 4.71. The summed E-state index contributed by atoms with van der Waals surface area (Å²) in [4.78, 5) is 17.6. The molecule has 0 saturated heterocycles. The van der Waals surface area contributed by atoms with Crippen LogP contribution in [0, 0.1) is 0 Å². The van der Waals surface area contributed by atoms with Crippen LogP contribution in [0.1, 0.15) is 28.2 Å². The van der Waals surface area contributed by atoms with E-state index < -0.39 is 0 Å². The number of ketones is 1. The van der Waals surface area contributed by atoms with Crippen molar-refractivity contribution in [2.45, 2.75) is 19.3 Å². The summed E-state index contributed by atoms with van der Waals surface area (Å²) < 4.78 is 1.27. The zero-order chi connectivity index (χ0) is 12.8. The van der Waals surface area contributed by atoms with Crippen molar-refractivity contribution in [1.82, 2.24) is 4.98 Å². The molecule has 19 heavy (non-hydrogen) atoms. The van der Waals surface area contributed by atoms with Crippen molar-refractivity contribution in [1.29, 1.82) is 0 Å². The average molecular weight is 285 g/mol. The highest BCUT2D eigenvalue weighted by molar-refractivity contribution is 7.19. The van der Waals surface area contributed by atoms with Gasteiger partial charge >= 0.3 is 0 Å². The molecule has 0 aliphatic heterocycles. The first-order valence-electron chi connectivity index (χ1n) is 6.32. The number of aromatic nitrogens is 1. The number of Topliss-reactive ketones (excluding diaryl/α,β-unsaturated/α-hetero) is 1. The summed E-state index contributed by atoms with van der Waals surface area (Å²) in [5, 5.41) is 4.39. The molecule has 3 aromatic rings. The molecule has 4 heteroatoms. The van der Waals surface area contributed by atoms with Crippen LogP contribution in [0.4, 0.5) is 0 Å². The average Bonchev–Trinajstić information content (AvgIpc) is 3.02. The number of carbonyl (C=O) groups is 1. The van der Waals surface area contributed by atoms with Crippen LogP contribution in [0.3, 0.4) is 0 Å². The van der Waals surface area contributed by atoms with Crippen LogP contribution in [0.15, 0.2) is 29.6 Å². The van der Waals surface area contributed by atoms with Crippen LogP contribution < -0.4 is 0 Å². The van der Waals surface area contributed by atoms with E-state index in [1.165, 1.54) is 20.5 Å². The number of nitrogens with zero attached hydrogens (tertiary/aromatic N) is 1. The number of carbonyl (C=O) groups excluding carboxylic acids is 1. The molecular weight excluding hydrogens is 274 g/mol. The molecule has 0 saturated carbocycles. The minimum Gasteiger partial charge on any atom is -0.292 e. The first-order valence-corrected chi connectivity index (χ1v) is 8.02. The molecule has 0 radical (unpaired) electrons. The Balaban J connectivity index is 1.91. The molecule has 0 fully saturated rings. The summed E-state index contributed by atoms with van der Waals surface area (Å²) in [6, 6.07) is 8.36. The molecular formula is C15H11NOS2. The maximum atomic E-state index is 11.9. The normalized spacial score (nSPS) is 14.8. The molecule has 0 amide bonds. The molecule has 4 rings (SSSR count). The van der Waals surface area contributed by atoms with Crippen molar-refractivity contribution >= 4 is 38.5 Å². The number of hydrogen-bond donors (Lipinski definition) is 0. The summed E-state index contributed by atoms with van der Waals surface area (Å²) >= 11 is 3.42. The predicted octanol–water partition coefficient (Wildman–Crippen LogP) is 4.54. The maximum absolute atomic E-state index is 11.9. The lowest BCUT2D eigenvalue weighted by molar-refractivity contribution is 0.0968. The second kappa shape index (κ2) is 4.25. The minimum atomic E-state index is 0.211. The van der Waals surface area contributed by atoms with Gasteiger partial charge in [-0.25, -0.2) is 4.98 Å². The molecule has 1 aliphatic rings. The quantitative estimate of drug-likeness (QED) is 0.657. The number of thiazole rings is 1. The topological polar surface area (TPSA) is 30.0 Å². The van der Waals surface area contributed by atoms with Gasteiger partial charge in [-0.05, 0) is 18.9 Å². The Morgan fingerprint density at radius 3 is 2.95 bits per heavy atom. The molecule has 0 N–H and O–H groups in total. The molecule has 1 aliphatic carbocycles. The van der Waals surface area contributed by atoms with Crippen LogP contribution in [0.2, 0.25) is 0 Å². The van der Waals surface area contributed by atoms with E-state index in [-0.39, 0.29) is 5.78 Å². The van der Waals surface area contributed by atoms with Gasteiger partial charge in [0.1, 0.15) is 10.7 Å². The smallest absolute Gasteiger partial charge is 0.182 e. The highest BCUT2D eigenvalue weighted by Gasteiger charge is 2.23. The number of benzene rings is 1. The van der Waals surface area contributed by atoms with Gasteiger partial charge in [0.25, 0.3) is 0 Å². The van der Waals surface area contributed by atoms with E-state index >= 15 is 0 Å². The zero-order valence-corrected chi connectivity index (χ0v) is 11.8. The van der Waals surface area contributed by atoms with Gasteiger partial charge in [0.2, 0.25) is 0 Å². The number of rotatable bonds is 1. The van der Waals surface area contributed by atoms with Crippen molar-refractivity contribution in [3.05, 3.63) is 40.2 Å². The number of aryl methyl sites for hydroxylation is 1. The second-order valence-corrected chi connectivity index (χ2v) is 6.71. The van der Waals surface area contributed by atoms with Crippen LogP contribution in [-0.2, 0) is 6.42 Å². The van der Waals surface area contributed by atoms with Crippen molar-refractivity contribution in [2.75, 3.05) is 0 Å². The van der Waals surface area contributed by atoms with Crippen molar-refractivity contribution in [3.63, 3.8) is 0 Å². The summed E-state index contributed by atoms with van der Waals surface area (Å²) in [6.45, 7) is 0. The van der Waals surface area contributed by atoms with Crippen LogP contribution in [0.5, 0.6) is 0 Å². The third-order valence-electron chi connectivity index (χ3n) is 3.48. The third-order valence-corrected chi connectivity index (χ3v) is 5.59. The number of fused-ring (bicyclic) bond motifs is 2. The van der Waals surface area contributed by atoms with Crippen molar-refractivity contribution in [2.24, 2.45) is 0 Å². The predicted molar refractivity (Wildman–Crippen MR) is 80.2 cm³/mol. The van der Waals surface area contributed by atoms with E-state index in [2.05, 4.69) is 34.6 Å². The van der Waals surface area contributed by atoms with Gasteiger partial charge in [-0.2, -0.15) is 0 Å². The Hall–Kier alpha value is -1.52. The van der Waals surface area contributed by atoms with Crippen LogP contribution >= 0.6 is 22.7 Å². The Bertz CT molecular complexity index is 784. The molecule has 1 aromatic carbocycles. The largest absolute Gasteiger partial charge is 0.292 e. The van der Waals surface area contributed by atoms with E-state index in [0.29, 0.717) is 6.42 Å². The molecule has 0 atom stereocenters. The molecule has 2 heterocycles. The maximum Gasteiger partial charge on any atom is 0.182 e. The van der Waals surface area contributed by atoms with Crippen molar-refractivity contribution in [3.8, 4) is 10.6 Å². The van der Waals surface area contributed by atoms with E-state index in [9.17, 15) is 4.79 Å². The van der Waals surface area contributed by atoms with Gasteiger partial charge in [-0.3, -0.25) is 4.79 Å². The first kappa shape index (κ1) is 11.3. The van der Waals surface area contributed by atoms with Gasteiger partial charge in [0.05, 0.1) is 0 Å². The molecule has 0 spiro atoms. The van der Waals surface area contributed by atoms with Crippen LogP contribution in [-0.4, -0.2) is 10.8 Å². The van der Waals surface area contributed by atoms with E-state index in [1.54, 1.807) is 22.7 Å². The van der Waals surface area contributed by atoms with Crippen molar-refractivity contribution < 1.29 is 4.79 Å². The van der Waals surface area contributed by atoms with Crippen LogP contribution in [0.25, 0.3) is 20.7 Å². The fraction of sp³-hybridized carbons (Fsp3) is 0.200. The molecule has 2 nitrogen and oxygen atoms in total. The Morgan fingerprint density at radius 1 is 1.16 bits per heavy atom. The Labute approximate surface area is 118 Å². The molecule has 94 valence electrons. The van der Waals surface area contributed by atoms with E-state index in [1.807, 2.05) is 0 Å². The summed E-state index contributed by atoms with van der Waals surface area (Å²) in [5.41, 5.74) is 1.90. The summed E-state index contributed by atoms with van der Waals surface area (Å²) in [6.07, 6.45) is 2.62. The zero-order valence-electron chi connectivity index (χ0n) is 10.2. The van der Waals surface area contributed by atoms with Gasteiger partial charge < -0.3 is 0 Å². The minimum absolute atomic E-state index is 0.211. The van der Waals surface area contributed by atoms with E-state index in [4.69, 9.17) is 0 Å².